The smallest absolute Gasteiger partial charge is 0.260 e. The SMILES string of the molecule is COc1ccc2nc(N(CCCn3ccnc3)C(=O)c3cc(C)cc(C)c3)sc2c1.Cl. The zero-order valence-electron chi connectivity index (χ0n) is 17.7. The lowest BCUT2D eigenvalue weighted by atomic mass is 10.1. The number of hydrogen-bond donors (Lipinski definition) is 0. The average molecular weight is 457 g/mol. The van der Waals surface area contributed by atoms with Crippen LogP contribution in [0.25, 0.3) is 10.2 Å². The maximum atomic E-state index is 13.5. The Bertz CT molecular complexity index is 1150. The van der Waals surface area contributed by atoms with Gasteiger partial charge in [0.15, 0.2) is 5.13 Å². The largest absolute Gasteiger partial charge is 0.497 e. The van der Waals surface area contributed by atoms with Crippen LogP contribution in [0.5, 0.6) is 5.75 Å². The van der Waals surface area contributed by atoms with Gasteiger partial charge in [-0.25, -0.2) is 9.97 Å². The zero-order valence-corrected chi connectivity index (χ0v) is 19.4. The van der Waals surface area contributed by atoms with Gasteiger partial charge in [-0.05, 0) is 50.6 Å². The van der Waals surface area contributed by atoms with E-state index < -0.39 is 0 Å². The number of fused-ring (bicyclic) bond motifs is 1. The molecule has 31 heavy (non-hydrogen) atoms. The van der Waals surface area contributed by atoms with Gasteiger partial charge in [0.25, 0.3) is 5.91 Å². The first-order chi connectivity index (χ1) is 14.5. The van der Waals surface area contributed by atoms with E-state index in [-0.39, 0.29) is 18.3 Å². The molecule has 1 amide bonds. The van der Waals surface area contributed by atoms with Crippen molar-refractivity contribution in [2.24, 2.45) is 0 Å². The number of carbonyl (C=O) groups excluding carboxylic acids is 1. The number of benzene rings is 2. The number of thiazole rings is 1. The van der Waals surface area contributed by atoms with Gasteiger partial charge in [-0.2, -0.15) is 0 Å². The molecule has 0 unspecified atom stereocenters. The van der Waals surface area contributed by atoms with E-state index in [2.05, 4.69) is 11.1 Å². The van der Waals surface area contributed by atoms with Crippen LogP contribution < -0.4 is 9.64 Å². The molecule has 0 bridgehead atoms. The van der Waals surface area contributed by atoms with Crippen molar-refractivity contribution in [1.82, 2.24) is 14.5 Å². The Morgan fingerprint density at radius 3 is 2.61 bits per heavy atom. The van der Waals surface area contributed by atoms with Gasteiger partial charge in [0.2, 0.25) is 0 Å². The molecule has 0 spiro atoms. The number of carbonyl (C=O) groups is 1. The second kappa shape index (κ2) is 9.94. The summed E-state index contributed by atoms with van der Waals surface area (Å²) in [6.07, 6.45) is 6.28. The molecular weight excluding hydrogens is 432 g/mol. The van der Waals surface area contributed by atoms with Crippen LogP contribution in [0.1, 0.15) is 27.9 Å². The van der Waals surface area contributed by atoms with Crippen LogP contribution in [0.15, 0.2) is 55.1 Å². The summed E-state index contributed by atoms with van der Waals surface area (Å²) in [6.45, 7) is 5.38. The molecule has 0 saturated carbocycles. The molecule has 4 rings (SSSR count). The van der Waals surface area contributed by atoms with Crippen molar-refractivity contribution in [2.75, 3.05) is 18.6 Å². The first kappa shape index (κ1) is 22.8. The van der Waals surface area contributed by atoms with E-state index in [1.807, 2.05) is 54.9 Å². The number of ether oxygens (including phenoxy) is 1. The third kappa shape index (κ3) is 5.24. The van der Waals surface area contributed by atoms with E-state index in [0.717, 1.165) is 40.1 Å². The van der Waals surface area contributed by atoms with E-state index in [4.69, 9.17) is 9.72 Å². The minimum atomic E-state index is -0.0292. The fourth-order valence-corrected chi connectivity index (χ4v) is 4.52. The zero-order chi connectivity index (χ0) is 21.1. The maximum absolute atomic E-state index is 13.5. The summed E-state index contributed by atoms with van der Waals surface area (Å²) in [5, 5.41) is 0.702. The van der Waals surface area contributed by atoms with Crippen LogP contribution in [0.2, 0.25) is 0 Å². The lowest BCUT2D eigenvalue weighted by Gasteiger charge is -2.20. The number of aromatic nitrogens is 3. The topological polar surface area (TPSA) is 60.2 Å². The number of nitrogens with zero attached hydrogens (tertiary/aromatic N) is 4. The van der Waals surface area contributed by atoms with Crippen molar-refractivity contribution in [3.63, 3.8) is 0 Å². The van der Waals surface area contributed by atoms with Crippen LogP contribution in [-0.2, 0) is 6.54 Å². The number of anilines is 1. The number of rotatable bonds is 7. The lowest BCUT2D eigenvalue weighted by molar-refractivity contribution is 0.0986. The summed E-state index contributed by atoms with van der Waals surface area (Å²) in [5.74, 6) is 0.753. The molecule has 0 aliphatic rings. The quantitative estimate of drug-likeness (QED) is 0.379. The third-order valence-electron chi connectivity index (χ3n) is 4.89. The van der Waals surface area contributed by atoms with Gasteiger partial charge in [0, 0.05) is 31.0 Å². The van der Waals surface area contributed by atoms with Gasteiger partial charge >= 0.3 is 0 Å². The van der Waals surface area contributed by atoms with Gasteiger partial charge < -0.3 is 9.30 Å². The normalized spacial score (nSPS) is 10.7. The van der Waals surface area contributed by atoms with Crippen molar-refractivity contribution in [1.29, 1.82) is 0 Å². The average Bonchev–Trinajstić information content (AvgIpc) is 3.39. The van der Waals surface area contributed by atoms with Gasteiger partial charge in [-0.3, -0.25) is 9.69 Å². The minimum absolute atomic E-state index is 0. The summed E-state index contributed by atoms with van der Waals surface area (Å²) in [7, 11) is 1.65. The van der Waals surface area contributed by atoms with Crippen molar-refractivity contribution >= 4 is 45.0 Å². The molecule has 2 aromatic carbocycles. The summed E-state index contributed by atoms with van der Waals surface area (Å²) in [5.41, 5.74) is 3.70. The van der Waals surface area contributed by atoms with Crippen molar-refractivity contribution < 1.29 is 9.53 Å². The predicted molar refractivity (Wildman–Crippen MR) is 128 cm³/mol. The van der Waals surface area contributed by atoms with Crippen LogP contribution in [0.4, 0.5) is 5.13 Å². The molecular formula is C23H25ClN4O2S. The highest BCUT2D eigenvalue weighted by molar-refractivity contribution is 7.22. The molecule has 0 atom stereocenters. The van der Waals surface area contributed by atoms with E-state index in [1.54, 1.807) is 24.5 Å². The molecule has 4 aromatic rings. The number of halogens is 1. The number of amides is 1. The summed E-state index contributed by atoms with van der Waals surface area (Å²) >= 11 is 1.51. The first-order valence-electron chi connectivity index (χ1n) is 9.84. The van der Waals surface area contributed by atoms with E-state index in [9.17, 15) is 4.79 Å². The summed E-state index contributed by atoms with van der Waals surface area (Å²) in [4.78, 5) is 24.1. The Balaban J connectivity index is 0.00000272. The number of hydrogen-bond acceptors (Lipinski definition) is 5. The van der Waals surface area contributed by atoms with E-state index in [0.29, 0.717) is 17.2 Å². The molecule has 0 fully saturated rings. The Labute approximate surface area is 191 Å². The highest BCUT2D eigenvalue weighted by Crippen LogP contribution is 2.32. The fourth-order valence-electron chi connectivity index (χ4n) is 3.50. The van der Waals surface area contributed by atoms with Crippen LogP contribution >= 0.6 is 23.7 Å². The second-order valence-corrected chi connectivity index (χ2v) is 8.33. The highest BCUT2D eigenvalue weighted by Gasteiger charge is 2.22. The number of aryl methyl sites for hydroxylation is 3. The van der Waals surface area contributed by atoms with Crippen molar-refractivity contribution in [3.8, 4) is 5.75 Å². The van der Waals surface area contributed by atoms with E-state index >= 15 is 0 Å². The molecule has 0 radical (unpaired) electrons. The van der Waals surface area contributed by atoms with Crippen LogP contribution in [0.3, 0.4) is 0 Å². The molecule has 0 aliphatic heterocycles. The number of imidazole rings is 1. The number of methoxy groups -OCH3 is 1. The van der Waals surface area contributed by atoms with Gasteiger partial charge in [0.1, 0.15) is 5.75 Å². The monoisotopic (exact) mass is 456 g/mol. The molecule has 8 heteroatoms. The predicted octanol–water partition coefficient (Wildman–Crippen LogP) is 5.28. The Hall–Kier alpha value is -2.90. The molecule has 2 heterocycles. The molecule has 0 aliphatic carbocycles. The van der Waals surface area contributed by atoms with Gasteiger partial charge in [0.05, 0.1) is 23.7 Å². The summed E-state index contributed by atoms with van der Waals surface area (Å²) in [6, 6.07) is 11.7. The molecule has 162 valence electrons. The first-order valence-corrected chi connectivity index (χ1v) is 10.7. The lowest BCUT2D eigenvalue weighted by Crippen LogP contribution is -2.32. The van der Waals surface area contributed by atoms with Crippen LogP contribution in [-0.4, -0.2) is 34.1 Å². The molecule has 2 aromatic heterocycles. The Morgan fingerprint density at radius 2 is 1.94 bits per heavy atom. The van der Waals surface area contributed by atoms with Crippen molar-refractivity contribution in [3.05, 3.63) is 71.8 Å². The van der Waals surface area contributed by atoms with Gasteiger partial charge in [-0.15, -0.1) is 12.4 Å². The second-order valence-electron chi connectivity index (χ2n) is 7.32. The maximum Gasteiger partial charge on any atom is 0.260 e. The minimum Gasteiger partial charge on any atom is -0.497 e. The Kier molecular flexibility index (Phi) is 7.30. The van der Waals surface area contributed by atoms with Crippen molar-refractivity contribution in [2.45, 2.75) is 26.8 Å². The van der Waals surface area contributed by atoms with Gasteiger partial charge in [-0.1, -0.05) is 28.5 Å². The Morgan fingerprint density at radius 1 is 1.16 bits per heavy atom. The summed E-state index contributed by atoms with van der Waals surface area (Å²) < 4.78 is 8.34. The highest BCUT2D eigenvalue weighted by atomic mass is 35.5. The molecule has 0 N–H and O–H groups in total. The van der Waals surface area contributed by atoms with E-state index in [1.165, 1.54) is 11.3 Å². The van der Waals surface area contributed by atoms with Crippen LogP contribution in [0, 0.1) is 13.8 Å². The third-order valence-corrected chi connectivity index (χ3v) is 5.93. The molecule has 6 nitrogen and oxygen atoms in total. The standard InChI is InChI=1S/C23H24N4O2S.ClH/c1-16-11-17(2)13-18(12-16)22(28)27(9-4-8-26-10-7-24-15-26)23-25-20-6-5-19(29-3)14-21(20)30-23;/h5-7,10-15H,4,8-9H2,1-3H3;1H. The fraction of sp³-hybridized carbons (Fsp3) is 0.261. The molecule has 0 saturated heterocycles.